The van der Waals surface area contributed by atoms with Gasteiger partial charge in [0.25, 0.3) is 0 Å². The summed E-state index contributed by atoms with van der Waals surface area (Å²) >= 11 is 0. The predicted octanol–water partition coefficient (Wildman–Crippen LogP) is 3.14. The van der Waals surface area contributed by atoms with Crippen molar-refractivity contribution in [3.05, 3.63) is 35.4 Å². The summed E-state index contributed by atoms with van der Waals surface area (Å²) in [4.78, 5) is 2.22. The van der Waals surface area contributed by atoms with E-state index < -0.39 is 11.7 Å². The molecule has 0 aliphatic rings. The average molecular weight is 274 g/mol. The van der Waals surface area contributed by atoms with Crippen molar-refractivity contribution in [3.8, 4) is 0 Å². The Morgan fingerprint density at radius 2 is 1.74 bits per heavy atom. The fraction of sp³-hybridized carbons (Fsp3) is 0.571. The number of rotatable bonds is 7. The van der Waals surface area contributed by atoms with Crippen molar-refractivity contribution in [2.75, 3.05) is 26.2 Å². The van der Waals surface area contributed by atoms with Crippen molar-refractivity contribution in [2.24, 2.45) is 0 Å². The van der Waals surface area contributed by atoms with Gasteiger partial charge in [-0.1, -0.05) is 32.0 Å². The zero-order valence-electron chi connectivity index (χ0n) is 11.4. The standard InChI is InChI=1S/C14H21F3N2/c1-3-19(4-2)10-9-18-11-12-7-5-6-8-13(12)14(15,16)17/h5-8,18H,3-4,9-11H2,1-2H3. The van der Waals surface area contributed by atoms with Crippen LogP contribution in [0.2, 0.25) is 0 Å². The molecule has 0 fully saturated rings. The summed E-state index contributed by atoms with van der Waals surface area (Å²) in [6.07, 6.45) is -4.28. The van der Waals surface area contributed by atoms with Crippen LogP contribution in [0.25, 0.3) is 0 Å². The van der Waals surface area contributed by atoms with Gasteiger partial charge in [-0.3, -0.25) is 0 Å². The summed E-state index contributed by atoms with van der Waals surface area (Å²) in [5, 5.41) is 3.07. The molecule has 1 rings (SSSR count). The molecule has 0 aromatic heterocycles. The van der Waals surface area contributed by atoms with E-state index in [1.165, 1.54) is 12.1 Å². The Labute approximate surface area is 112 Å². The number of benzene rings is 1. The van der Waals surface area contributed by atoms with Crippen LogP contribution in [-0.2, 0) is 12.7 Å². The van der Waals surface area contributed by atoms with Crippen LogP contribution in [-0.4, -0.2) is 31.1 Å². The molecule has 0 aliphatic carbocycles. The van der Waals surface area contributed by atoms with Gasteiger partial charge in [0.1, 0.15) is 0 Å². The predicted molar refractivity (Wildman–Crippen MR) is 70.9 cm³/mol. The van der Waals surface area contributed by atoms with Crippen LogP contribution in [0, 0.1) is 0 Å². The SMILES string of the molecule is CCN(CC)CCNCc1ccccc1C(F)(F)F. The molecule has 108 valence electrons. The summed E-state index contributed by atoms with van der Waals surface area (Å²) in [5.41, 5.74) is -0.250. The van der Waals surface area contributed by atoms with E-state index in [4.69, 9.17) is 0 Å². The third-order valence-corrected chi connectivity index (χ3v) is 3.14. The second-order valence-electron chi connectivity index (χ2n) is 4.36. The Kier molecular flexibility index (Phi) is 6.31. The van der Waals surface area contributed by atoms with E-state index in [-0.39, 0.29) is 6.54 Å². The number of alkyl halides is 3. The highest BCUT2D eigenvalue weighted by molar-refractivity contribution is 5.29. The molecule has 0 spiro atoms. The highest BCUT2D eigenvalue weighted by atomic mass is 19.4. The van der Waals surface area contributed by atoms with E-state index in [1.807, 2.05) is 0 Å². The van der Waals surface area contributed by atoms with Gasteiger partial charge in [0.2, 0.25) is 0 Å². The largest absolute Gasteiger partial charge is 0.416 e. The molecule has 5 heteroatoms. The van der Waals surface area contributed by atoms with E-state index >= 15 is 0 Å². The number of nitrogens with zero attached hydrogens (tertiary/aromatic N) is 1. The highest BCUT2D eigenvalue weighted by Gasteiger charge is 2.32. The molecule has 0 atom stereocenters. The van der Waals surface area contributed by atoms with E-state index in [9.17, 15) is 13.2 Å². The lowest BCUT2D eigenvalue weighted by atomic mass is 10.1. The first-order valence-corrected chi connectivity index (χ1v) is 6.57. The lowest BCUT2D eigenvalue weighted by Crippen LogP contribution is -2.32. The van der Waals surface area contributed by atoms with Crippen LogP contribution in [0.3, 0.4) is 0 Å². The molecular weight excluding hydrogens is 253 g/mol. The number of nitrogens with one attached hydrogen (secondary N) is 1. The maximum absolute atomic E-state index is 12.8. The molecule has 1 aromatic carbocycles. The van der Waals surface area contributed by atoms with Gasteiger partial charge >= 0.3 is 6.18 Å². The summed E-state index contributed by atoms with van der Waals surface area (Å²) in [5.74, 6) is 0. The van der Waals surface area contributed by atoms with Crippen LogP contribution >= 0.6 is 0 Å². The van der Waals surface area contributed by atoms with Crippen molar-refractivity contribution >= 4 is 0 Å². The number of halogens is 3. The first kappa shape index (κ1) is 16.0. The molecule has 19 heavy (non-hydrogen) atoms. The molecule has 1 aromatic rings. The van der Waals surface area contributed by atoms with E-state index in [1.54, 1.807) is 6.07 Å². The van der Waals surface area contributed by atoms with Gasteiger partial charge in [0.05, 0.1) is 5.56 Å². The van der Waals surface area contributed by atoms with Crippen LogP contribution in [0.5, 0.6) is 0 Å². The first-order chi connectivity index (χ1) is 8.99. The van der Waals surface area contributed by atoms with Gasteiger partial charge in [-0.25, -0.2) is 0 Å². The molecular formula is C14H21F3N2. The molecule has 1 N–H and O–H groups in total. The summed E-state index contributed by atoms with van der Waals surface area (Å²) in [7, 11) is 0. The van der Waals surface area contributed by atoms with Crippen LogP contribution in [0.1, 0.15) is 25.0 Å². The highest BCUT2D eigenvalue weighted by Crippen LogP contribution is 2.31. The first-order valence-electron chi connectivity index (χ1n) is 6.57. The van der Waals surface area contributed by atoms with Crippen LogP contribution < -0.4 is 5.32 Å². The lowest BCUT2D eigenvalue weighted by molar-refractivity contribution is -0.138. The molecule has 0 saturated heterocycles. The maximum atomic E-state index is 12.8. The summed E-state index contributed by atoms with van der Waals surface area (Å²) in [6.45, 7) is 7.84. The Morgan fingerprint density at radius 3 is 2.32 bits per heavy atom. The van der Waals surface area contributed by atoms with Gasteiger partial charge in [-0.15, -0.1) is 0 Å². The van der Waals surface area contributed by atoms with Crippen molar-refractivity contribution in [1.29, 1.82) is 0 Å². The zero-order chi connectivity index (χ0) is 14.3. The fourth-order valence-electron chi connectivity index (χ4n) is 1.95. The Balaban J connectivity index is 2.50. The number of likely N-dealkylation sites (N-methyl/N-ethyl adjacent to an activating group) is 1. The molecule has 0 bridgehead atoms. The van der Waals surface area contributed by atoms with E-state index in [0.717, 1.165) is 25.7 Å². The minimum Gasteiger partial charge on any atom is -0.311 e. The quantitative estimate of drug-likeness (QED) is 0.768. The Morgan fingerprint density at radius 1 is 1.11 bits per heavy atom. The summed E-state index contributed by atoms with van der Waals surface area (Å²) in [6, 6.07) is 5.70. The minimum absolute atomic E-state index is 0.247. The topological polar surface area (TPSA) is 15.3 Å². The molecule has 0 aliphatic heterocycles. The molecule has 0 radical (unpaired) electrons. The van der Waals surface area contributed by atoms with Crippen molar-refractivity contribution in [3.63, 3.8) is 0 Å². The second kappa shape index (κ2) is 7.50. The van der Waals surface area contributed by atoms with Gasteiger partial charge in [-0.05, 0) is 24.7 Å². The normalized spacial score (nSPS) is 12.1. The molecule has 0 amide bonds. The van der Waals surface area contributed by atoms with Crippen molar-refractivity contribution < 1.29 is 13.2 Å². The maximum Gasteiger partial charge on any atom is 0.416 e. The van der Waals surface area contributed by atoms with Gasteiger partial charge in [0, 0.05) is 19.6 Å². The van der Waals surface area contributed by atoms with Crippen LogP contribution in [0.4, 0.5) is 13.2 Å². The smallest absolute Gasteiger partial charge is 0.311 e. The van der Waals surface area contributed by atoms with Crippen LogP contribution in [0.15, 0.2) is 24.3 Å². The number of hydrogen-bond acceptors (Lipinski definition) is 2. The Hall–Kier alpha value is -1.07. The number of hydrogen-bond donors (Lipinski definition) is 1. The van der Waals surface area contributed by atoms with Gasteiger partial charge < -0.3 is 10.2 Å². The summed E-state index contributed by atoms with van der Waals surface area (Å²) < 4.78 is 38.3. The van der Waals surface area contributed by atoms with Crippen molar-refractivity contribution in [1.82, 2.24) is 10.2 Å². The lowest BCUT2D eigenvalue weighted by Gasteiger charge is -2.18. The monoisotopic (exact) mass is 274 g/mol. The van der Waals surface area contributed by atoms with Crippen molar-refractivity contribution in [2.45, 2.75) is 26.6 Å². The zero-order valence-corrected chi connectivity index (χ0v) is 11.4. The molecule has 0 unspecified atom stereocenters. The third-order valence-electron chi connectivity index (χ3n) is 3.14. The van der Waals surface area contributed by atoms with Gasteiger partial charge in [-0.2, -0.15) is 13.2 Å². The fourth-order valence-corrected chi connectivity index (χ4v) is 1.95. The minimum atomic E-state index is -4.28. The van der Waals surface area contributed by atoms with E-state index in [0.29, 0.717) is 12.1 Å². The Bertz CT molecular complexity index is 373. The average Bonchev–Trinajstić information content (AvgIpc) is 2.38. The molecule has 0 heterocycles. The van der Waals surface area contributed by atoms with Gasteiger partial charge in [0.15, 0.2) is 0 Å². The molecule has 0 saturated carbocycles. The molecule has 2 nitrogen and oxygen atoms in total. The van der Waals surface area contributed by atoms with E-state index in [2.05, 4.69) is 24.1 Å². The third kappa shape index (κ3) is 5.20. The second-order valence-corrected chi connectivity index (χ2v) is 4.36.